The van der Waals surface area contributed by atoms with Gasteiger partial charge in [-0.25, -0.2) is 4.39 Å². The fraction of sp³-hybridized carbons (Fsp3) is 0.471. The van der Waals surface area contributed by atoms with Crippen molar-refractivity contribution in [2.75, 3.05) is 31.6 Å². The first-order chi connectivity index (χ1) is 13.7. The number of rotatable bonds is 6. The minimum Gasteiger partial charge on any atom is -0.429 e. The molecule has 1 saturated heterocycles. The van der Waals surface area contributed by atoms with Gasteiger partial charge in [-0.3, -0.25) is 9.59 Å². The van der Waals surface area contributed by atoms with Gasteiger partial charge in [0.25, 0.3) is 11.5 Å². The van der Waals surface area contributed by atoms with Crippen molar-refractivity contribution in [1.82, 2.24) is 4.90 Å². The van der Waals surface area contributed by atoms with E-state index in [9.17, 15) is 22.8 Å². The Bertz CT molecular complexity index is 789. The summed E-state index contributed by atoms with van der Waals surface area (Å²) in [6.45, 7) is 2.39. The minimum absolute atomic E-state index is 0.0903. The van der Waals surface area contributed by atoms with Crippen molar-refractivity contribution in [2.45, 2.75) is 23.4 Å². The molecular weight excluding hydrogens is 435 g/mol. The number of nitrogens with zero attached hydrogens (tertiary/aromatic N) is 2. The van der Waals surface area contributed by atoms with E-state index in [0.29, 0.717) is 37.2 Å². The van der Waals surface area contributed by atoms with Gasteiger partial charge in [0.15, 0.2) is 5.17 Å². The van der Waals surface area contributed by atoms with E-state index in [4.69, 9.17) is 16.3 Å². The molecule has 1 N–H and O–H groups in total. The van der Waals surface area contributed by atoms with Gasteiger partial charge < -0.3 is 19.7 Å². The van der Waals surface area contributed by atoms with Crippen molar-refractivity contribution in [2.24, 2.45) is 4.99 Å². The number of halogens is 4. The normalized spacial score (nSPS) is 21.0. The van der Waals surface area contributed by atoms with Gasteiger partial charge >= 0.3 is 6.11 Å². The van der Waals surface area contributed by atoms with Crippen LogP contribution in [0.4, 0.5) is 18.9 Å². The van der Waals surface area contributed by atoms with E-state index in [1.807, 2.05) is 4.90 Å². The van der Waals surface area contributed by atoms with Gasteiger partial charge in [0.2, 0.25) is 5.91 Å². The quantitative estimate of drug-likeness (QED) is 0.670. The predicted octanol–water partition coefficient (Wildman–Crippen LogP) is 2.85. The first-order valence-electron chi connectivity index (χ1n) is 8.61. The topological polar surface area (TPSA) is 80.2 Å². The fourth-order valence-electron chi connectivity index (χ4n) is 2.59. The Labute approximate surface area is 173 Å². The number of alkyl halides is 4. The number of carbonyl (C=O) groups excluding carboxylic acids is 2. The first kappa shape index (κ1) is 21.7. The van der Waals surface area contributed by atoms with E-state index in [2.05, 4.69) is 15.0 Å². The van der Waals surface area contributed by atoms with Crippen LogP contribution in [0.25, 0.3) is 0 Å². The smallest absolute Gasteiger partial charge is 0.429 e. The van der Waals surface area contributed by atoms with Crippen LogP contribution in [0.3, 0.4) is 0 Å². The summed E-state index contributed by atoms with van der Waals surface area (Å²) in [7, 11) is 0. The third kappa shape index (κ3) is 5.77. The molecular formula is C17H17ClF3N3O4S. The number of nitrogens with one attached hydrogen (secondary N) is 1. The molecule has 3 rings (SSSR count). The highest BCUT2D eigenvalue weighted by molar-refractivity contribution is 8.15. The van der Waals surface area contributed by atoms with Gasteiger partial charge in [-0.15, -0.1) is 0 Å². The number of amidine groups is 1. The van der Waals surface area contributed by atoms with Gasteiger partial charge in [-0.05, 0) is 24.3 Å². The van der Waals surface area contributed by atoms with Crippen molar-refractivity contribution >= 4 is 46.0 Å². The van der Waals surface area contributed by atoms with E-state index in [1.54, 1.807) is 0 Å². The molecule has 0 bridgehead atoms. The average Bonchev–Trinajstić information content (AvgIpc) is 3.04. The third-order valence-electron chi connectivity index (χ3n) is 4.03. The predicted molar refractivity (Wildman–Crippen MR) is 102 cm³/mol. The van der Waals surface area contributed by atoms with Crippen molar-refractivity contribution < 1.29 is 32.2 Å². The van der Waals surface area contributed by atoms with Crippen LogP contribution in [0.2, 0.25) is 0 Å². The fourth-order valence-corrected chi connectivity index (χ4v) is 3.75. The van der Waals surface area contributed by atoms with E-state index in [-0.39, 0.29) is 18.1 Å². The summed E-state index contributed by atoms with van der Waals surface area (Å²) in [6.07, 6.45) is -4.27. The summed E-state index contributed by atoms with van der Waals surface area (Å²) in [4.78, 5) is 30.3. The lowest BCUT2D eigenvalue weighted by Crippen LogP contribution is -2.39. The zero-order valence-electron chi connectivity index (χ0n) is 14.9. The van der Waals surface area contributed by atoms with Crippen molar-refractivity contribution in [3.8, 4) is 5.75 Å². The molecule has 0 aromatic heterocycles. The maximum absolute atomic E-state index is 13.1. The highest BCUT2D eigenvalue weighted by atomic mass is 35.5. The number of amides is 2. The molecule has 0 saturated carbocycles. The number of hydrogen-bond acceptors (Lipinski definition) is 6. The van der Waals surface area contributed by atoms with Crippen molar-refractivity contribution in [3.05, 3.63) is 24.3 Å². The van der Waals surface area contributed by atoms with Gasteiger partial charge in [0.1, 0.15) is 11.0 Å². The van der Waals surface area contributed by atoms with Crippen molar-refractivity contribution in [3.63, 3.8) is 0 Å². The second-order valence-electron chi connectivity index (χ2n) is 6.18. The molecule has 2 atom stereocenters. The largest absolute Gasteiger partial charge is 0.444 e. The molecule has 1 aromatic carbocycles. The number of ether oxygens (including phenoxy) is 2. The molecule has 0 spiro atoms. The molecule has 2 aliphatic rings. The Morgan fingerprint density at radius 2 is 2.03 bits per heavy atom. The van der Waals surface area contributed by atoms with Crippen LogP contribution >= 0.6 is 23.4 Å². The highest BCUT2D eigenvalue weighted by Gasteiger charge is 2.42. The second kappa shape index (κ2) is 9.23. The molecule has 12 heteroatoms. The summed E-state index contributed by atoms with van der Waals surface area (Å²) in [6, 6.07) is 4.89. The van der Waals surface area contributed by atoms with E-state index in [1.165, 1.54) is 23.9 Å². The highest BCUT2D eigenvalue weighted by Crippen LogP contribution is 2.30. The lowest BCUT2D eigenvalue weighted by Gasteiger charge is -2.27. The summed E-state index contributed by atoms with van der Waals surface area (Å²) >= 11 is 5.96. The van der Waals surface area contributed by atoms with Crippen molar-refractivity contribution in [1.29, 1.82) is 0 Å². The maximum Gasteiger partial charge on any atom is 0.444 e. The Balaban J connectivity index is 1.50. The lowest BCUT2D eigenvalue weighted by molar-refractivity contribution is -0.199. The van der Waals surface area contributed by atoms with Crippen LogP contribution < -0.4 is 10.1 Å². The lowest BCUT2D eigenvalue weighted by atomic mass is 10.2. The van der Waals surface area contributed by atoms with E-state index >= 15 is 0 Å². The molecule has 2 heterocycles. The number of carbonyl (C=O) groups is 2. The van der Waals surface area contributed by atoms with Crippen LogP contribution in [-0.4, -0.2) is 65.2 Å². The van der Waals surface area contributed by atoms with E-state index < -0.39 is 22.9 Å². The molecule has 1 fully saturated rings. The number of thioether (sulfide) groups is 1. The summed E-state index contributed by atoms with van der Waals surface area (Å²) in [5.41, 5.74) is -2.69. The number of aliphatic imine (C=N–C) groups is 1. The Morgan fingerprint density at radius 1 is 1.38 bits per heavy atom. The molecule has 2 amide bonds. The zero-order valence-corrected chi connectivity index (χ0v) is 16.5. The Hall–Kier alpha value is -1.98. The monoisotopic (exact) mass is 451 g/mol. The van der Waals surface area contributed by atoms with Gasteiger partial charge in [-0.2, -0.15) is 13.8 Å². The molecule has 29 heavy (non-hydrogen) atoms. The minimum atomic E-state index is -4.18. The van der Waals surface area contributed by atoms with Crippen LogP contribution in [0, 0.1) is 0 Å². The summed E-state index contributed by atoms with van der Waals surface area (Å²) in [5, 5.41) is 2.53. The molecule has 0 radical (unpaired) electrons. The number of morpholine rings is 1. The van der Waals surface area contributed by atoms with Crippen LogP contribution in [-0.2, 0) is 14.3 Å². The second-order valence-corrected chi connectivity index (χ2v) is 7.73. The first-order valence-corrected chi connectivity index (χ1v) is 9.93. The summed E-state index contributed by atoms with van der Waals surface area (Å²) in [5.74, 6) is -1.13. The van der Waals surface area contributed by atoms with Gasteiger partial charge in [-0.1, -0.05) is 23.4 Å². The number of hydrogen-bond donors (Lipinski definition) is 1. The van der Waals surface area contributed by atoms with Crippen LogP contribution in [0.15, 0.2) is 29.3 Å². The number of benzene rings is 1. The molecule has 7 nitrogen and oxygen atoms in total. The maximum atomic E-state index is 13.1. The molecule has 0 aliphatic carbocycles. The zero-order chi connectivity index (χ0) is 21.0. The average molecular weight is 452 g/mol. The molecule has 158 valence electrons. The van der Waals surface area contributed by atoms with Crippen LogP contribution in [0.1, 0.15) is 6.42 Å². The molecule has 0 unspecified atom stereocenters. The van der Waals surface area contributed by atoms with Gasteiger partial charge in [0.05, 0.1) is 13.2 Å². The van der Waals surface area contributed by atoms with Gasteiger partial charge in [0, 0.05) is 25.2 Å². The Morgan fingerprint density at radius 3 is 2.66 bits per heavy atom. The summed E-state index contributed by atoms with van der Waals surface area (Å²) < 4.78 is 48.3. The van der Waals surface area contributed by atoms with Crippen LogP contribution in [0.5, 0.6) is 5.75 Å². The Kier molecular flexibility index (Phi) is 6.91. The SMILES string of the molecule is O=C(C[C@@H]1SC(N2CCOCC2)=NC1=O)Nc1ccc(OC(F)(F)[C@@H](F)Cl)cc1. The molecule has 1 aromatic rings. The third-order valence-corrected chi connectivity index (χ3v) is 5.49. The standard InChI is InChI=1S/C17H17ClF3N3O4S/c18-15(19)17(20,21)28-11-3-1-10(2-4-11)22-13(25)9-12-14(26)23-16(29-12)24-5-7-27-8-6-24/h1-4,12,15H,5-9H2,(H,22,25)/t12-,15+/m0/s1. The van der Waals surface area contributed by atoms with E-state index in [0.717, 1.165) is 12.1 Å². The number of anilines is 1. The molecule has 2 aliphatic heterocycles.